The molecule has 1 aromatic rings. The molecule has 1 aliphatic rings. The zero-order chi connectivity index (χ0) is 12.8. The maximum atomic E-state index is 10.8. The molecule has 0 bridgehead atoms. The first-order chi connectivity index (χ1) is 8.83. The Hall–Kier alpha value is -0.960. The van der Waals surface area contributed by atoms with Crippen LogP contribution in [-0.2, 0) is 5.75 Å². The van der Waals surface area contributed by atoms with Gasteiger partial charge in [-0.2, -0.15) is 11.8 Å². The average Bonchev–Trinajstić information content (AvgIpc) is 2.92. The number of hydrogen-bond acceptors (Lipinski definition) is 3. The largest absolute Gasteiger partial charge is 0.496 e. The first-order valence-corrected chi connectivity index (χ1v) is 7.69. The van der Waals surface area contributed by atoms with E-state index in [1.807, 2.05) is 23.9 Å². The highest BCUT2D eigenvalue weighted by molar-refractivity contribution is 7.98. The molecule has 0 aromatic heterocycles. The summed E-state index contributed by atoms with van der Waals surface area (Å²) < 4.78 is 5.34. The van der Waals surface area contributed by atoms with Crippen molar-refractivity contribution >= 4 is 18.0 Å². The number of methoxy groups -OCH3 is 1. The van der Waals surface area contributed by atoms with Crippen LogP contribution in [0.5, 0.6) is 5.75 Å². The lowest BCUT2D eigenvalue weighted by Gasteiger charge is -2.11. The molecule has 18 heavy (non-hydrogen) atoms. The average molecular weight is 264 g/mol. The lowest BCUT2D eigenvalue weighted by Crippen LogP contribution is -1.98. The number of carbonyl (C=O) groups is 1. The summed E-state index contributed by atoms with van der Waals surface area (Å²) >= 11 is 1.96. The lowest BCUT2D eigenvalue weighted by atomic mass is 10.1. The highest BCUT2D eigenvalue weighted by Crippen LogP contribution is 2.30. The molecule has 0 aliphatic heterocycles. The minimum atomic E-state index is 0.729. The van der Waals surface area contributed by atoms with E-state index < -0.39 is 0 Å². The molecule has 0 spiro atoms. The van der Waals surface area contributed by atoms with E-state index in [9.17, 15) is 4.79 Å². The molecule has 0 heterocycles. The Morgan fingerprint density at radius 1 is 1.39 bits per heavy atom. The van der Waals surface area contributed by atoms with E-state index >= 15 is 0 Å². The number of hydrogen-bond donors (Lipinski definition) is 0. The summed E-state index contributed by atoms with van der Waals surface area (Å²) in [6.45, 7) is 0. The standard InChI is InChI=1S/C15H20O2S/c1-17-15-7-6-13(9-16)8-14(15)11-18-10-12-4-2-3-5-12/h6-9,12H,2-5,10-11H2,1H3. The van der Waals surface area contributed by atoms with Gasteiger partial charge in [-0.3, -0.25) is 4.79 Å². The predicted molar refractivity (Wildman–Crippen MR) is 76.5 cm³/mol. The fourth-order valence-corrected chi connectivity index (χ4v) is 3.73. The molecule has 0 radical (unpaired) electrons. The molecular formula is C15H20O2S. The van der Waals surface area contributed by atoms with Gasteiger partial charge in [0.15, 0.2) is 0 Å². The molecule has 2 rings (SSSR count). The number of ether oxygens (including phenoxy) is 1. The molecule has 3 heteroatoms. The van der Waals surface area contributed by atoms with Crippen molar-refractivity contribution in [2.45, 2.75) is 31.4 Å². The van der Waals surface area contributed by atoms with E-state index in [4.69, 9.17) is 4.74 Å². The van der Waals surface area contributed by atoms with Gasteiger partial charge < -0.3 is 4.74 Å². The van der Waals surface area contributed by atoms with E-state index in [2.05, 4.69) is 0 Å². The molecule has 98 valence electrons. The van der Waals surface area contributed by atoms with Crippen LogP contribution in [0.1, 0.15) is 41.6 Å². The van der Waals surface area contributed by atoms with Crippen LogP contribution in [0.15, 0.2) is 18.2 Å². The number of aldehydes is 1. The maximum absolute atomic E-state index is 10.8. The van der Waals surface area contributed by atoms with Gasteiger partial charge in [-0.15, -0.1) is 0 Å². The lowest BCUT2D eigenvalue weighted by molar-refractivity contribution is 0.112. The molecular weight excluding hydrogens is 244 g/mol. The fourth-order valence-electron chi connectivity index (χ4n) is 2.50. The van der Waals surface area contributed by atoms with Crippen molar-refractivity contribution in [1.82, 2.24) is 0 Å². The highest BCUT2D eigenvalue weighted by atomic mass is 32.2. The van der Waals surface area contributed by atoms with Gasteiger partial charge in [0.25, 0.3) is 0 Å². The van der Waals surface area contributed by atoms with E-state index in [0.717, 1.165) is 34.8 Å². The van der Waals surface area contributed by atoms with Crippen LogP contribution in [0.2, 0.25) is 0 Å². The number of rotatable bonds is 6. The zero-order valence-corrected chi connectivity index (χ0v) is 11.7. The van der Waals surface area contributed by atoms with Crippen LogP contribution in [-0.4, -0.2) is 19.1 Å². The van der Waals surface area contributed by atoms with Gasteiger partial charge in [0.2, 0.25) is 0 Å². The Labute approximate surface area is 113 Å². The van der Waals surface area contributed by atoms with Crippen LogP contribution in [0.3, 0.4) is 0 Å². The van der Waals surface area contributed by atoms with Crippen molar-refractivity contribution in [3.63, 3.8) is 0 Å². The van der Waals surface area contributed by atoms with Gasteiger partial charge in [-0.05, 0) is 42.7 Å². The zero-order valence-electron chi connectivity index (χ0n) is 10.9. The molecule has 1 saturated carbocycles. The number of carbonyl (C=O) groups excluding carboxylic acids is 1. The Morgan fingerprint density at radius 3 is 2.83 bits per heavy atom. The van der Waals surface area contributed by atoms with Crippen molar-refractivity contribution in [2.24, 2.45) is 5.92 Å². The molecule has 1 aromatic carbocycles. The first-order valence-electron chi connectivity index (χ1n) is 6.53. The monoisotopic (exact) mass is 264 g/mol. The van der Waals surface area contributed by atoms with Crippen LogP contribution in [0, 0.1) is 5.92 Å². The Balaban J connectivity index is 1.91. The van der Waals surface area contributed by atoms with Crippen molar-refractivity contribution in [1.29, 1.82) is 0 Å². The van der Waals surface area contributed by atoms with Crippen LogP contribution >= 0.6 is 11.8 Å². The van der Waals surface area contributed by atoms with Gasteiger partial charge in [-0.1, -0.05) is 12.8 Å². The van der Waals surface area contributed by atoms with Crippen molar-refractivity contribution < 1.29 is 9.53 Å². The van der Waals surface area contributed by atoms with Crippen molar-refractivity contribution in [3.8, 4) is 5.75 Å². The third-order valence-corrected chi connectivity index (χ3v) is 4.75. The summed E-state index contributed by atoms with van der Waals surface area (Å²) in [5.74, 6) is 3.95. The van der Waals surface area contributed by atoms with Gasteiger partial charge in [0.1, 0.15) is 12.0 Å². The Morgan fingerprint density at radius 2 is 2.17 bits per heavy atom. The van der Waals surface area contributed by atoms with E-state index in [-0.39, 0.29) is 0 Å². The Kier molecular flexibility index (Phi) is 5.12. The SMILES string of the molecule is COc1ccc(C=O)cc1CSCC1CCCC1. The minimum Gasteiger partial charge on any atom is -0.496 e. The third kappa shape index (κ3) is 3.52. The fraction of sp³-hybridized carbons (Fsp3) is 0.533. The van der Waals surface area contributed by atoms with E-state index in [0.29, 0.717) is 0 Å². The van der Waals surface area contributed by atoms with Gasteiger partial charge in [0.05, 0.1) is 7.11 Å². The van der Waals surface area contributed by atoms with Crippen LogP contribution < -0.4 is 4.74 Å². The van der Waals surface area contributed by atoms with E-state index in [1.54, 1.807) is 13.2 Å². The molecule has 2 nitrogen and oxygen atoms in total. The van der Waals surface area contributed by atoms with Gasteiger partial charge in [0, 0.05) is 16.9 Å². The summed E-state index contributed by atoms with van der Waals surface area (Å²) in [6, 6.07) is 5.62. The van der Waals surface area contributed by atoms with Crippen molar-refractivity contribution in [3.05, 3.63) is 29.3 Å². The summed E-state index contributed by atoms with van der Waals surface area (Å²) in [6.07, 6.45) is 6.46. The molecule has 0 N–H and O–H groups in total. The second kappa shape index (κ2) is 6.83. The Bertz CT molecular complexity index is 397. The molecule has 1 fully saturated rings. The molecule has 0 saturated heterocycles. The maximum Gasteiger partial charge on any atom is 0.150 e. The molecule has 1 aliphatic carbocycles. The smallest absolute Gasteiger partial charge is 0.150 e. The van der Waals surface area contributed by atoms with Gasteiger partial charge >= 0.3 is 0 Å². The first kappa shape index (κ1) is 13.5. The summed E-state index contributed by atoms with van der Waals surface area (Å²) in [5, 5.41) is 0. The molecule has 0 amide bonds. The second-order valence-corrected chi connectivity index (χ2v) is 5.89. The second-order valence-electron chi connectivity index (χ2n) is 4.85. The summed E-state index contributed by atoms with van der Waals surface area (Å²) in [5.41, 5.74) is 1.86. The van der Waals surface area contributed by atoms with Crippen LogP contribution in [0.25, 0.3) is 0 Å². The third-order valence-electron chi connectivity index (χ3n) is 3.53. The molecule has 0 unspecified atom stereocenters. The quantitative estimate of drug-likeness (QED) is 0.728. The number of thioether (sulfide) groups is 1. The topological polar surface area (TPSA) is 26.3 Å². The normalized spacial score (nSPS) is 15.8. The van der Waals surface area contributed by atoms with Crippen LogP contribution in [0.4, 0.5) is 0 Å². The predicted octanol–water partition coefficient (Wildman–Crippen LogP) is 3.93. The molecule has 0 atom stereocenters. The minimum absolute atomic E-state index is 0.729. The van der Waals surface area contributed by atoms with Crippen molar-refractivity contribution in [2.75, 3.05) is 12.9 Å². The summed E-state index contributed by atoms with van der Waals surface area (Å²) in [7, 11) is 1.68. The van der Waals surface area contributed by atoms with E-state index in [1.165, 1.54) is 31.4 Å². The number of benzene rings is 1. The van der Waals surface area contributed by atoms with Gasteiger partial charge in [-0.25, -0.2) is 0 Å². The highest BCUT2D eigenvalue weighted by Gasteiger charge is 2.15. The summed E-state index contributed by atoms with van der Waals surface area (Å²) in [4.78, 5) is 10.8.